The quantitative estimate of drug-likeness (QED) is 0.780. The summed E-state index contributed by atoms with van der Waals surface area (Å²) < 4.78 is 53.0. The first-order chi connectivity index (χ1) is 9.85. The molecule has 1 aromatic heterocycles. The molecule has 21 heavy (non-hydrogen) atoms. The summed E-state index contributed by atoms with van der Waals surface area (Å²) in [6.07, 6.45) is 0. The number of benzene rings is 1. The van der Waals surface area contributed by atoms with Crippen LogP contribution in [0.15, 0.2) is 23.2 Å². The van der Waals surface area contributed by atoms with Gasteiger partial charge in [-0.1, -0.05) is 0 Å². The minimum Gasteiger partial charge on any atom is -0.316 e. The average Bonchev–Trinajstić information content (AvgIpc) is 2.76. The third-order valence-electron chi connectivity index (χ3n) is 2.82. The zero-order valence-corrected chi connectivity index (χ0v) is 12.2. The number of sulfonamides is 1. The molecule has 3 N–H and O–H groups in total. The third kappa shape index (κ3) is 3.19. The van der Waals surface area contributed by atoms with Gasteiger partial charge >= 0.3 is 0 Å². The molecule has 0 aliphatic carbocycles. The second-order valence-electron chi connectivity index (χ2n) is 4.39. The van der Waals surface area contributed by atoms with Gasteiger partial charge in [0, 0.05) is 23.9 Å². The number of anilines is 1. The number of rotatable bonds is 5. The van der Waals surface area contributed by atoms with Crippen molar-refractivity contribution >= 4 is 15.7 Å². The number of hydrogen-bond donors (Lipinski definition) is 3. The second-order valence-corrected chi connectivity index (χ2v) is 5.99. The topological polar surface area (TPSA) is 86.9 Å². The van der Waals surface area contributed by atoms with Crippen LogP contribution in [-0.2, 0) is 16.6 Å². The molecule has 2 rings (SSSR count). The normalized spacial score (nSPS) is 11.6. The van der Waals surface area contributed by atoms with Gasteiger partial charge < -0.3 is 5.32 Å². The van der Waals surface area contributed by atoms with Crippen LogP contribution in [0.5, 0.6) is 0 Å². The lowest BCUT2D eigenvalue weighted by Gasteiger charge is -2.09. The smallest absolute Gasteiger partial charge is 0.281 e. The molecule has 0 unspecified atom stereocenters. The summed E-state index contributed by atoms with van der Waals surface area (Å²) in [5.74, 6) is -1.79. The molecule has 2 aromatic rings. The summed E-state index contributed by atoms with van der Waals surface area (Å²) in [5.41, 5.74) is 0.698. The Morgan fingerprint density at radius 3 is 2.67 bits per heavy atom. The van der Waals surface area contributed by atoms with Gasteiger partial charge in [0.1, 0.15) is 11.6 Å². The Bertz CT molecular complexity index is 759. The summed E-state index contributed by atoms with van der Waals surface area (Å²) in [7, 11) is -2.41. The fourth-order valence-corrected chi connectivity index (χ4v) is 3.07. The SMILES string of the molecule is CNCc1c(S(=O)(=O)Nc2ccc(F)cc2F)n[nH]c1C. The summed E-state index contributed by atoms with van der Waals surface area (Å²) in [4.78, 5) is 0. The monoisotopic (exact) mass is 316 g/mol. The highest BCUT2D eigenvalue weighted by atomic mass is 32.2. The van der Waals surface area contributed by atoms with Crippen molar-refractivity contribution in [1.29, 1.82) is 0 Å². The van der Waals surface area contributed by atoms with Crippen molar-refractivity contribution in [2.45, 2.75) is 18.5 Å². The van der Waals surface area contributed by atoms with E-state index in [0.29, 0.717) is 17.3 Å². The molecular weight excluding hydrogens is 302 g/mol. The van der Waals surface area contributed by atoms with Crippen LogP contribution in [-0.4, -0.2) is 25.7 Å². The Hall–Kier alpha value is -2.00. The van der Waals surface area contributed by atoms with Crippen LogP contribution in [0.4, 0.5) is 14.5 Å². The van der Waals surface area contributed by atoms with Crippen molar-refractivity contribution < 1.29 is 17.2 Å². The largest absolute Gasteiger partial charge is 0.316 e. The van der Waals surface area contributed by atoms with E-state index >= 15 is 0 Å². The molecule has 9 heteroatoms. The molecule has 0 amide bonds. The minimum absolute atomic E-state index is 0.224. The number of aromatic amines is 1. The standard InChI is InChI=1S/C12H14F2N4O2S/c1-7-9(6-15-2)12(17-16-7)21(19,20)18-11-4-3-8(13)5-10(11)14/h3-5,15,18H,6H2,1-2H3,(H,16,17). The van der Waals surface area contributed by atoms with Crippen molar-refractivity contribution in [1.82, 2.24) is 15.5 Å². The molecule has 0 spiro atoms. The maximum atomic E-state index is 13.5. The molecule has 6 nitrogen and oxygen atoms in total. The number of hydrogen-bond acceptors (Lipinski definition) is 4. The Kier molecular flexibility index (Phi) is 4.24. The van der Waals surface area contributed by atoms with Crippen LogP contribution in [0.2, 0.25) is 0 Å². The van der Waals surface area contributed by atoms with E-state index in [9.17, 15) is 17.2 Å². The van der Waals surface area contributed by atoms with Gasteiger partial charge in [-0.25, -0.2) is 8.78 Å². The molecule has 0 fully saturated rings. The highest BCUT2D eigenvalue weighted by Gasteiger charge is 2.24. The Morgan fingerprint density at radius 1 is 1.33 bits per heavy atom. The van der Waals surface area contributed by atoms with Crippen molar-refractivity contribution in [2.24, 2.45) is 0 Å². The Balaban J connectivity index is 2.39. The van der Waals surface area contributed by atoms with Crippen molar-refractivity contribution in [3.05, 3.63) is 41.1 Å². The van der Waals surface area contributed by atoms with E-state index in [1.54, 1.807) is 14.0 Å². The van der Waals surface area contributed by atoms with Crippen LogP contribution >= 0.6 is 0 Å². The molecule has 0 bridgehead atoms. The highest BCUT2D eigenvalue weighted by Crippen LogP contribution is 2.22. The lowest BCUT2D eigenvalue weighted by molar-refractivity contribution is 0.581. The predicted octanol–water partition coefficient (Wildman–Crippen LogP) is 1.52. The summed E-state index contributed by atoms with van der Waals surface area (Å²) in [5, 5.41) is 8.92. The maximum absolute atomic E-state index is 13.5. The van der Waals surface area contributed by atoms with Crippen molar-refractivity contribution in [3.63, 3.8) is 0 Å². The maximum Gasteiger partial charge on any atom is 0.281 e. The molecule has 0 atom stereocenters. The molecule has 0 radical (unpaired) electrons. The van der Waals surface area contributed by atoms with Crippen LogP contribution in [0, 0.1) is 18.6 Å². The van der Waals surface area contributed by atoms with Crippen LogP contribution < -0.4 is 10.0 Å². The van der Waals surface area contributed by atoms with Gasteiger partial charge in [0.15, 0.2) is 0 Å². The first kappa shape index (κ1) is 15.4. The van der Waals surface area contributed by atoms with Crippen LogP contribution in [0.25, 0.3) is 0 Å². The van der Waals surface area contributed by atoms with E-state index in [4.69, 9.17) is 0 Å². The van der Waals surface area contributed by atoms with E-state index in [0.717, 1.165) is 12.1 Å². The molecule has 0 aliphatic rings. The molecule has 0 aliphatic heterocycles. The van der Waals surface area contributed by atoms with Gasteiger partial charge in [-0.3, -0.25) is 9.82 Å². The number of halogens is 2. The van der Waals surface area contributed by atoms with Gasteiger partial charge in [-0.15, -0.1) is 0 Å². The van der Waals surface area contributed by atoms with Gasteiger partial charge in [-0.05, 0) is 26.1 Å². The van der Waals surface area contributed by atoms with E-state index in [-0.39, 0.29) is 17.3 Å². The Morgan fingerprint density at radius 2 is 2.05 bits per heavy atom. The van der Waals surface area contributed by atoms with E-state index < -0.39 is 21.7 Å². The average molecular weight is 316 g/mol. The summed E-state index contributed by atoms with van der Waals surface area (Å²) >= 11 is 0. The molecule has 0 saturated carbocycles. The van der Waals surface area contributed by atoms with Gasteiger partial charge in [-0.2, -0.15) is 13.5 Å². The molecule has 0 saturated heterocycles. The van der Waals surface area contributed by atoms with Gasteiger partial charge in [0.2, 0.25) is 5.03 Å². The molecule has 114 valence electrons. The molecule has 1 aromatic carbocycles. The fourth-order valence-electron chi connectivity index (χ4n) is 1.80. The van der Waals surface area contributed by atoms with Gasteiger partial charge in [0.05, 0.1) is 5.69 Å². The van der Waals surface area contributed by atoms with Crippen molar-refractivity contribution in [2.75, 3.05) is 11.8 Å². The highest BCUT2D eigenvalue weighted by molar-refractivity contribution is 7.92. The fraction of sp³-hybridized carbons (Fsp3) is 0.250. The number of aromatic nitrogens is 2. The predicted molar refractivity (Wildman–Crippen MR) is 73.3 cm³/mol. The number of nitrogens with zero attached hydrogens (tertiary/aromatic N) is 1. The Labute approximate surface area is 120 Å². The number of nitrogens with one attached hydrogen (secondary N) is 3. The second kappa shape index (κ2) is 5.78. The van der Waals surface area contributed by atoms with E-state index in [1.807, 2.05) is 0 Å². The molecule has 1 heterocycles. The zero-order valence-electron chi connectivity index (χ0n) is 11.4. The summed E-state index contributed by atoms with van der Waals surface area (Å²) in [6, 6.07) is 2.58. The first-order valence-electron chi connectivity index (χ1n) is 6.01. The third-order valence-corrected chi connectivity index (χ3v) is 4.15. The minimum atomic E-state index is -4.08. The van der Waals surface area contributed by atoms with E-state index in [1.165, 1.54) is 0 Å². The lowest BCUT2D eigenvalue weighted by atomic mass is 10.3. The van der Waals surface area contributed by atoms with E-state index in [2.05, 4.69) is 20.2 Å². The summed E-state index contributed by atoms with van der Waals surface area (Å²) in [6.45, 7) is 1.96. The van der Waals surface area contributed by atoms with Gasteiger partial charge in [0.25, 0.3) is 10.0 Å². The first-order valence-corrected chi connectivity index (χ1v) is 7.50. The van der Waals surface area contributed by atoms with Crippen LogP contribution in [0.1, 0.15) is 11.3 Å². The molecular formula is C12H14F2N4O2S. The number of aryl methyl sites for hydroxylation is 1. The van der Waals surface area contributed by atoms with Crippen molar-refractivity contribution in [3.8, 4) is 0 Å². The lowest BCUT2D eigenvalue weighted by Crippen LogP contribution is -2.18. The number of H-pyrrole nitrogens is 1. The van der Waals surface area contributed by atoms with Crippen LogP contribution in [0.3, 0.4) is 0 Å². The zero-order chi connectivity index (χ0) is 15.6.